The maximum absolute atomic E-state index is 13.5. The van der Waals surface area contributed by atoms with Gasteiger partial charge in [0.2, 0.25) is 0 Å². The molecule has 0 saturated carbocycles. The predicted molar refractivity (Wildman–Crippen MR) is 113 cm³/mol. The SMILES string of the molecule is CN=C(NCc1cc(F)ccc1SC)N1CCS(=O)(=O)C(C)(C)C1.I. The van der Waals surface area contributed by atoms with Crippen molar-refractivity contribution in [2.75, 3.05) is 32.1 Å². The number of benzene rings is 1. The van der Waals surface area contributed by atoms with Gasteiger partial charge in [0.25, 0.3) is 0 Å². The van der Waals surface area contributed by atoms with Gasteiger partial charge in [0.1, 0.15) is 5.82 Å². The average Bonchev–Trinajstić information content (AvgIpc) is 2.51. The summed E-state index contributed by atoms with van der Waals surface area (Å²) in [6.45, 7) is 4.70. The van der Waals surface area contributed by atoms with E-state index >= 15 is 0 Å². The van der Waals surface area contributed by atoms with E-state index in [9.17, 15) is 12.8 Å². The number of halogens is 2. The van der Waals surface area contributed by atoms with E-state index < -0.39 is 14.6 Å². The molecule has 0 radical (unpaired) electrons. The lowest BCUT2D eigenvalue weighted by atomic mass is 10.2. The van der Waals surface area contributed by atoms with Crippen LogP contribution in [0.25, 0.3) is 0 Å². The average molecular weight is 501 g/mol. The van der Waals surface area contributed by atoms with Gasteiger partial charge in [0.05, 0.1) is 10.5 Å². The second-order valence-electron chi connectivity index (χ2n) is 6.36. The molecule has 0 aliphatic carbocycles. The van der Waals surface area contributed by atoms with Crippen LogP contribution in [-0.2, 0) is 16.4 Å². The molecular weight excluding hydrogens is 476 g/mol. The smallest absolute Gasteiger partial charge is 0.193 e. The van der Waals surface area contributed by atoms with Gasteiger partial charge in [0, 0.05) is 31.6 Å². The highest BCUT2D eigenvalue weighted by atomic mass is 127. The first-order valence-electron chi connectivity index (χ1n) is 7.70. The highest BCUT2D eigenvalue weighted by Crippen LogP contribution is 2.24. The van der Waals surface area contributed by atoms with E-state index in [1.165, 1.54) is 12.1 Å². The quantitative estimate of drug-likeness (QED) is 0.299. The molecule has 5 nitrogen and oxygen atoms in total. The molecular formula is C16H25FIN3O2S2. The number of nitrogens with one attached hydrogen (secondary N) is 1. The molecule has 1 N–H and O–H groups in total. The fraction of sp³-hybridized carbons (Fsp3) is 0.562. The summed E-state index contributed by atoms with van der Waals surface area (Å²) >= 11 is 1.56. The van der Waals surface area contributed by atoms with Crippen LogP contribution in [0, 0.1) is 5.82 Å². The minimum Gasteiger partial charge on any atom is -0.352 e. The number of rotatable bonds is 3. The van der Waals surface area contributed by atoms with Crippen molar-refractivity contribution in [2.24, 2.45) is 4.99 Å². The molecule has 0 atom stereocenters. The molecule has 0 aromatic heterocycles. The minimum absolute atomic E-state index is 0. The van der Waals surface area contributed by atoms with E-state index in [1.807, 2.05) is 11.2 Å². The summed E-state index contributed by atoms with van der Waals surface area (Å²) in [5.41, 5.74) is 0.854. The van der Waals surface area contributed by atoms with E-state index in [2.05, 4.69) is 10.3 Å². The summed E-state index contributed by atoms with van der Waals surface area (Å²) in [4.78, 5) is 7.20. The van der Waals surface area contributed by atoms with Crippen LogP contribution in [0.2, 0.25) is 0 Å². The lowest BCUT2D eigenvalue weighted by Gasteiger charge is -2.39. The number of sulfone groups is 1. The number of aliphatic imine (C=N–C) groups is 1. The number of hydrogen-bond donors (Lipinski definition) is 1. The molecule has 0 spiro atoms. The fourth-order valence-corrected chi connectivity index (χ4v) is 4.68. The normalized spacial score (nSPS) is 19.2. The van der Waals surface area contributed by atoms with Crippen LogP contribution in [0.4, 0.5) is 4.39 Å². The van der Waals surface area contributed by atoms with Crippen LogP contribution in [0.3, 0.4) is 0 Å². The third-order valence-electron chi connectivity index (χ3n) is 4.23. The van der Waals surface area contributed by atoms with Gasteiger partial charge in [0.15, 0.2) is 15.8 Å². The maximum atomic E-state index is 13.5. The maximum Gasteiger partial charge on any atom is 0.193 e. The van der Waals surface area contributed by atoms with Gasteiger partial charge in [-0.3, -0.25) is 4.99 Å². The molecule has 142 valence electrons. The van der Waals surface area contributed by atoms with Gasteiger partial charge >= 0.3 is 0 Å². The van der Waals surface area contributed by atoms with Crippen LogP contribution >= 0.6 is 35.7 Å². The molecule has 1 saturated heterocycles. The van der Waals surface area contributed by atoms with E-state index in [4.69, 9.17) is 0 Å². The van der Waals surface area contributed by atoms with Crippen LogP contribution in [-0.4, -0.2) is 56.2 Å². The van der Waals surface area contributed by atoms with Crippen molar-refractivity contribution in [3.05, 3.63) is 29.6 Å². The molecule has 1 aromatic rings. The molecule has 1 aliphatic heterocycles. The van der Waals surface area contributed by atoms with Crippen molar-refractivity contribution in [3.8, 4) is 0 Å². The van der Waals surface area contributed by atoms with Gasteiger partial charge in [-0.2, -0.15) is 0 Å². The molecule has 1 aromatic carbocycles. The van der Waals surface area contributed by atoms with Gasteiger partial charge in [-0.05, 0) is 43.9 Å². The second kappa shape index (κ2) is 8.90. The van der Waals surface area contributed by atoms with E-state index in [-0.39, 0.29) is 35.5 Å². The monoisotopic (exact) mass is 501 g/mol. The number of hydrogen-bond acceptors (Lipinski definition) is 4. The minimum atomic E-state index is -3.10. The van der Waals surface area contributed by atoms with Crippen LogP contribution in [0.1, 0.15) is 19.4 Å². The Morgan fingerprint density at radius 1 is 1.44 bits per heavy atom. The molecule has 9 heteroatoms. The van der Waals surface area contributed by atoms with Crippen molar-refractivity contribution in [1.29, 1.82) is 0 Å². The largest absolute Gasteiger partial charge is 0.352 e. The van der Waals surface area contributed by atoms with Gasteiger partial charge < -0.3 is 10.2 Å². The van der Waals surface area contributed by atoms with E-state index in [0.29, 0.717) is 25.6 Å². The zero-order valence-electron chi connectivity index (χ0n) is 14.9. The lowest BCUT2D eigenvalue weighted by molar-refractivity contribution is 0.353. The zero-order valence-corrected chi connectivity index (χ0v) is 18.8. The van der Waals surface area contributed by atoms with Crippen molar-refractivity contribution < 1.29 is 12.8 Å². The lowest BCUT2D eigenvalue weighted by Crippen LogP contribution is -2.57. The Labute approximate surface area is 170 Å². The Bertz CT molecular complexity index is 739. The number of thioether (sulfide) groups is 1. The summed E-state index contributed by atoms with van der Waals surface area (Å²) < 4.78 is 36.9. The summed E-state index contributed by atoms with van der Waals surface area (Å²) in [5, 5.41) is 3.22. The number of nitrogens with zero attached hydrogens (tertiary/aromatic N) is 2. The Balaban J connectivity index is 0.00000312. The number of guanidine groups is 1. The predicted octanol–water partition coefficient (Wildman–Crippen LogP) is 2.75. The molecule has 0 bridgehead atoms. The van der Waals surface area contributed by atoms with Crippen LogP contribution < -0.4 is 5.32 Å². The van der Waals surface area contributed by atoms with Crippen molar-refractivity contribution >= 4 is 51.5 Å². The van der Waals surface area contributed by atoms with E-state index in [0.717, 1.165) is 10.5 Å². The molecule has 25 heavy (non-hydrogen) atoms. The molecule has 0 unspecified atom stereocenters. The van der Waals surface area contributed by atoms with Crippen molar-refractivity contribution in [2.45, 2.75) is 30.0 Å². The Morgan fingerprint density at radius 2 is 2.12 bits per heavy atom. The first kappa shape index (κ1) is 22.5. The third kappa shape index (κ3) is 5.22. The second-order valence-corrected chi connectivity index (χ2v) is 9.95. The molecule has 2 rings (SSSR count). The Morgan fingerprint density at radius 3 is 2.68 bits per heavy atom. The Kier molecular flexibility index (Phi) is 8.00. The Hall–Kier alpha value is -0.550. The van der Waals surface area contributed by atoms with Crippen molar-refractivity contribution in [1.82, 2.24) is 10.2 Å². The standard InChI is InChI=1S/C16H24FN3O2S2.HI/c1-16(2)11-20(7-8-24(16,21)22)15(18-3)19-10-12-9-13(17)5-6-14(12)23-4;/h5-6,9H,7-8,10-11H2,1-4H3,(H,18,19);1H. The van der Waals surface area contributed by atoms with Gasteiger partial charge in [-0.25, -0.2) is 12.8 Å². The summed E-state index contributed by atoms with van der Waals surface area (Å²) in [5.74, 6) is 0.468. The fourth-order valence-electron chi connectivity index (χ4n) is 2.72. The summed E-state index contributed by atoms with van der Waals surface area (Å²) in [6, 6.07) is 4.72. The molecule has 1 heterocycles. The van der Waals surface area contributed by atoms with Crippen molar-refractivity contribution in [3.63, 3.8) is 0 Å². The first-order valence-corrected chi connectivity index (χ1v) is 10.6. The third-order valence-corrected chi connectivity index (χ3v) is 7.61. The summed E-state index contributed by atoms with van der Waals surface area (Å²) in [7, 11) is -1.43. The highest BCUT2D eigenvalue weighted by molar-refractivity contribution is 14.0. The van der Waals surface area contributed by atoms with E-state index in [1.54, 1.807) is 38.7 Å². The van der Waals surface area contributed by atoms with Crippen LogP contribution in [0.15, 0.2) is 28.1 Å². The highest BCUT2D eigenvalue weighted by Gasteiger charge is 2.40. The first-order chi connectivity index (χ1) is 11.2. The van der Waals surface area contributed by atoms with Gasteiger partial charge in [-0.1, -0.05) is 0 Å². The molecule has 1 aliphatic rings. The summed E-state index contributed by atoms with van der Waals surface area (Å²) in [6.07, 6.45) is 1.95. The van der Waals surface area contributed by atoms with Gasteiger partial charge in [-0.15, -0.1) is 35.7 Å². The zero-order chi connectivity index (χ0) is 18.0. The topological polar surface area (TPSA) is 61.8 Å². The molecule has 0 amide bonds. The molecule has 1 fully saturated rings. The van der Waals surface area contributed by atoms with Crippen LogP contribution in [0.5, 0.6) is 0 Å².